The molecule has 198 valence electrons. The van der Waals surface area contributed by atoms with Crippen LogP contribution < -0.4 is 4.90 Å². The molecule has 0 aliphatic carbocycles. The molecule has 8 heteroatoms. The number of rotatable bonds is 6. The van der Waals surface area contributed by atoms with Crippen LogP contribution in [0.25, 0.3) is 20.8 Å². The summed E-state index contributed by atoms with van der Waals surface area (Å²) in [6, 6.07) is 19.9. The molecule has 3 aromatic carbocycles. The fourth-order valence-electron chi connectivity index (χ4n) is 5.34. The molecule has 3 amide bonds. The summed E-state index contributed by atoms with van der Waals surface area (Å²) >= 11 is 1.61. The third-order valence-corrected chi connectivity index (χ3v) is 8.43. The second kappa shape index (κ2) is 10.4. The molecule has 2 fully saturated rings. The van der Waals surface area contributed by atoms with E-state index in [-0.39, 0.29) is 36.8 Å². The van der Waals surface area contributed by atoms with E-state index in [0.29, 0.717) is 17.9 Å². The number of anilines is 1. The molecule has 39 heavy (non-hydrogen) atoms. The number of carbonyl (C=O) groups is 3. The third-order valence-electron chi connectivity index (χ3n) is 7.37. The minimum absolute atomic E-state index is 0.0535. The van der Waals surface area contributed by atoms with Crippen molar-refractivity contribution in [2.75, 3.05) is 18.1 Å². The minimum Gasteiger partial charge on any atom is -0.376 e. The zero-order valence-electron chi connectivity index (χ0n) is 21.9. The fraction of sp³-hybridized carbons (Fsp3) is 0.290. The van der Waals surface area contributed by atoms with Gasteiger partial charge in [-0.2, -0.15) is 0 Å². The normalized spacial score (nSPS) is 19.3. The van der Waals surface area contributed by atoms with E-state index in [9.17, 15) is 14.4 Å². The maximum Gasteiger partial charge on any atom is 0.257 e. The fourth-order valence-corrected chi connectivity index (χ4v) is 6.41. The Morgan fingerprint density at radius 3 is 2.59 bits per heavy atom. The van der Waals surface area contributed by atoms with E-state index >= 15 is 0 Å². The number of benzene rings is 3. The first-order valence-electron chi connectivity index (χ1n) is 13.2. The van der Waals surface area contributed by atoms with Gasteiger partial charge >= 0.3 is 0 Å². The van der Waals surface area contributed by atoms with Gasteiger partial charge in [-0.05, 0) is 80.8 Å². The Hall–Kier alpha value is -3.88. The highest BCUT2D eigenvalue weighted by molar-refractivity contribution is 7.21. The van der Waals surface area contributed by atoms with Crippen LogP contribution in [0.2, 0.25) is 0 Å². The zero-order chi connectivity index (χ0) is 27.1. The molecule has 0 radical (unpaired) electrons. The van der Waals surface area contributed by atoms with Crippen LogP contribution >= 0.6 is 11.3 Å². The number of imide groups is 1. The molecule has 0 N–H and O–H groups in total. The topological polar surface area (TPSA) is 79.8 Å². The van der Waals surface area contributed by atoms with E-state index in [4.69, 9.17) is 9.72 Å². The van der Waals surface area contributed by atoms with Crippen molar-refractivity contribution in [2.45, 2.75) is 45.3 Å². The van der Waals surface area contributed by atoms with Gasteiger partial charge in [0.15, 0.2) is 0 Å². The molecule has 0 spiro atoms. The maximum absolute atomic E-state index is 13.7. The predicted octanol–water partition coefficient (Wildman–Crippen LogP) is 5.53. The van der Waals surface area contributed by atoms with Crippen LogP contribution in [0.3, 0.4) is 0 Å². The van der Waals surface area contributed by atoms with E-state index in [2.05, 4.69) is 13.0 Å². The second-order valence-corrected chi connectivity index (χ2v) is 11.3. The molecule has 1 aromatic heterocycles. The largest absolute Gasteiger partial charge is 0.376 e. The van der Waals surface area contributed by atoms with Crippen molar-refractivity contribution < 1.29 is 19.1 Å². The molecule has 7 nitrogen and oxygen atoms in total. The first-order chi connectivity index (χ1) is 18.9. The summed E-state index contributed by atoms with van der Waals surface area (Å²) in [7, 11) is 0. The summed E-state index contributed by atoms with van der Waals surface area (Å²) in [5.41, 5.74) is 5.00. The number of carbonyl (C=O) groups excluding carboxylic acids is 3. The van der Waals surface area contributed by atoms with Crippen molar-refractivity contribution in [3.63, 3.8) is 0 Å². The Balaban J connectivity index is 1.26. The Labute approximate surface area is 231 Å². The maximum atomic E-state index is 13.7. The van der Waals surface area contributed by atoms with Gasteiger partial charge in [0.05, 0.1) is 28.4 Å². The lowest BCUT2D eigenvalue weighted by Gasteiger charge is -2.30. The highest BCUT2D eigenvalue weighted by atomic mass is 32.1. The number of thiazole rings is 1. The van der Waals surface area contributed by atoms with Crippen LogP contribution in [-0.4, -0.2) is 52.9 Å². The van der Waals surface area contributed by atoms with E-state index in [0.717, 1.165) is 39.2 Å². The second-order valence-electron chi connectivity index (χ2n) is 10.3. The van der Waals surface area contributed by atoms with Gasteiger partial charge in [-0.3, -0.25) is 14.4 Å². The SMILES string of the molecule is Cc1cccc(C(=O)N(CC2CCCO2)C2CC(=O)N(c3ccc(-c4nc5ccc(C)cc5s4)cc3)C2=O)c1. The molecule has 2 aliphatic rings. The van der Waals surface area contributed by atoms with Crippen LogP contribution in [0.5, 0.6) is 0 Å². The summed E-state index contributed by atoms with van der Waals surface area (Å²) in [5.74, 6) is -0.964. The smallest absolute Gasteiger partial charge is 0.257 e. The number of hydrogen-bond donors (Lipinski definition) is 0. The van der Waals surface area contributed by atoms with Gasteiger partial charge in [0, 0.05) is 24.3 Å². The molecule has 0 bridgehead atoms. The van der Waals surface area contributed by atoms with Crippen LogP contribution in [-0.2, 0) is 14.3 Å². The molecule has 6 rings (SSSR count). The third kappa shape index (κ3) is 4.97. The molecule has 3 heterocycles. The standard InChI is InChI=1S/C31H29N3O4S/c1-19-5-3-6-22(15-19)30(36)33(18-24-7-4-14-38-24)26-17-28(35)34(31(26)37)23-11-9-21(10-12-23)29-32-25-13-8-20(2)16-27(25)39-29/h3,5-6,8-13,15-16,24,26H,4,7,14,17-18H2,1-2H3. The van der Waals surface area contributed by atoms with E-state index < -0.39 is 6.04 Å². The molecule has 2 aliphatic heterocycles. The summed E-state index contributed by atoms with van der Waals surface area (Å²) in [6.45, 7) is 4.90. The molecule has 2 saturated heterocycles. The lowest BCUT2D eigenvalue weighted by molar-refractivity contribution is -0.122. The number of aromatic nitrogens is 1. The van der Waals surface area contributed by atoms with Crippen molar-refractivity contribution in [3.8, 4) is 10.6 Å². The van der Waals surface area contributed by atoms with Crippen LogP contribution in [0.4, 0.5) is 5.69 Å². The Bertz CT molecular complexity index is 1570. The Morgan fingerprint density at radius 2 is 1.85 bits per heavy atom. The average molecular weight is 540 g/mol. The van der Waals surface area contributed by atoms with Crippen molar-refractivity contribution in [2.24, 2.45) is 0 Å². The molecule has 2 unspecified atom stereocenters. The van der Waals surface area contributed by atoms with Gasteiger partial charge in [0.25, 0.3) is 11.8 Å². The van der Waals surface area contributed by atoms with Gasteiger partial charge in [0.2, 0.25) is 5.91 Å². The van der Waals surface area contributed by atoms with Gasteiger partial charge in [-0.1, -0.05) is 23.8 Å². The van der Waals surface area contributed by atoms with Gasteiger partial charge < -0.3 is 9.64 Å². The van der Waals surface area contributed by atoms with Crippen molar-refractivity contribution in [1.29, 1.82) is 0 Å². The highest BCUT2D eigenvalue weighted by Gasteiger charge is 2.45. The first kappa shape index (κ1) is 25.4. The molecular formula is C31H29N3O4S. The van der Waals surface area contributed by atoms with Gasteiger partial charge in [0.1, 0.15) is 11.0 Å². The minimum atomic E-state index is -0.873. The van der Waals surface area contributed by atoms with Crippen molar-refractivity contribution in [3.05, 3.63) is 83.4 Å². The van der Waals surface area contributed by atoms with Crippen LogP contribution in [0, 0.1) is 13.8 Å². The van der Waals surface area contributed by atoms with E-state index in [1.165, 1.54) is 10.5 Å². The molecule has 4 aromatic rings. The van der Waals surface area contributed by atoms with Crippen LogP contribution in [0.15, 0.2) is 66.7 Å². The Morgan fingerprint density at radius 1 is 1.05 bits per heavy atom. The van der Waals surface area contributed by atoms with Crippen molar-refractivity contribution >= 4 is 45.0 Å². The Kier molecular flexibility index (Phi) is 6.74. The quantitative estimate of drug-likeness (QED) is 0.301. The zero-order valence-corrected chi connectivity index (χ0v) is 22.7. The first-order valence-corrected chi connectivity index (χ1v) is 14.0. The lowest BCUT2D eigenvalue weighted by Crippen LogP contribution is -2.48. The monoisotopic (exact) mass is 539 g/mol. The number of ether oxygens (including phenoxy) is 1. The average Bonchev–Trinajstić information content (AvgIpc) is 3.66. The van der Waals surface area contributed by atoms with Crippen molar-refractivity contribution in [1.82, 2.24) is 9.88 Å². The number of nitrogens with zero attached hydrogens (tertiary/aromatic N) is 3. The lowest BCUT2D eigenvalue weighted by atomic mass is 10.1. The molecular weight excluding hydrogens is 510 g/mol. The highest BCUT2D eigenvalue weighted by Crippen LogP contribution is 2.33. The summed E-state index contributed by atoms with van der Waals surface area (Å²) in [6.07, 6.45) is 1.54. The number of amides is 3. The number of hydrogen-bond acceptors (Lipinski definition) is 6. The number of fused-ring (bicyclic) bond motifs is 1. The van der Waals surface area contributed by atoms with Gasteiger partial charge in [-0.15, -0.1) is 11.3 Å². The summed E-state index contributed by atoms with van der Waals surface area (Å²) < 4.78 is 6.92. The molecule has 2 atom stereocenters. The van der Waals surface area contributed by atoms with E-state index in [1.54, 1.807) is 34.4 Å². The van der Waals surface area contributed by atoms with Crippen LogP contribution in [0.1, 0.15) is 40.7 Å². The van der Waals surface area contributed by atoms with Gasteiger partial charge in [-0.25, -0.2) is 9.88 Å². The number of aryl methyl sites for hydroxylation is 2. The summed E-state index contributed by atoms with van der Waals surface area (Å²) in [5, 5.41) is 0.880. The summed E-state index contributed by atoms with van der Waals surface area (Å²) in [4.78, 5) is 48.0. The predicted molar refractivity (Wildman–Crippen MR) is 152 cm³/mol. The van der Waals surface area contributed by atoms with E-state index in [1.807, 2.05) is 49.4 Å². The molecule has 0 saturated carbocycles.